The van der Waals surface area contributed by atoms with Crippen LogP contribution in [-0.4, -0.2) is 48.5 Å². The second kappa shape index (κ2) is 9.47. The number of nitrogens with one attached hydrogen (secondary N) is 1. The minimum atomic E-state index is -0.0523. The molecule has 0 bridgehead atoms. The van der Waals surface area contributed by atoms with Crippen LogP contribution in [0.2, 0.25) is 4.34 Å². The molecule has 1 fully saturated rings. The van der Waals surface area contributed by atoms with E-state index in [1.54, 1.807) is 0 Å². The minimum absolute atomic E-state index is 0.0523. The van der Waals surface area contributed by atoms with Gasteiger partial charge in [0.15, 0.2) is 0 Å². The highest BCUT2D eigenvalue weighted by molar-refractivity contribution is 7.23. The summed E-state index contributed by atoms with van der Waals surface area (Å²) in [6, 6.07) is 10.1. The predicted octanol–water partition coefficient (Wildman–Crippen LogP) is 5.16. The molecule has 4 rings (SSSR count). The highest BCUT2D eigenvalue weighted by Gasteiger charge is 2.17. The number of amides is 1. The van der Waals surface area contributed by atoms with Crippen LogP contribution < -0.4 is 10.2 Å². The van der Waals surface area contributed by atoms with Crippen LogP contribution in [0.5, 0.6) is 0 Å². The molecule has 1 aliphatic rings. The lowest BCUT2D eigenvalue weighted by atomic mass is 10.1. The van der Waals surface area contributed by atoms with Gasteiger partial charge in [-0.2, -0.15) is 0 Å². The average molecular weight is 461 g/mol. The molecule has 1 N–H and O–H groups in total. The number of likely N-dealkylation sites (N-methyl/N-ethyl adjacent to an activating group) is 1. The summed E-state index contributed by atoms with van der Waals surface area (Å²) in [5.74, 6) is -0.0523. The zero-order valence-electron chi connectivity index (χ0n) is 17.2. The second-order valence-corrected chi connectivity index (χ2v) is 9.97. The Morgan fingerprint density at radius 3 is 2.67 bits per heavy atom. The highest BCUT2D eigenvalue weighted by atomic mass is 35.5. The Morgan fingerprint density at radius 1 is 1.20 bits per heavy atom. The SMILES string of the molecule is CCN1CCN(c2ccc(NC(=O)Cc3csc(-c4ccc(Cl)s4)n3)c(C)c2)CC1. The Bertz CT molecular complexity index is 1020. The molecule has 158 valence electrons. The molecule has 3 heterocycles. The summed E-state index contributed by atoms with van der Waals surface area (Å²) in [6.45, 7) is 9.65. The van der Waals surface area contributed by atoms with Gasteiger partial charge in [-0.15, -0.1) is 22.7 Å². The van der Waals surface area contributed by atoms with E-state index in [1.165, 1.54) is 28.4 Å². The zero-order valence-corrected chi connectivity index (χ0v) is 19.5. The summed E-state index contributed by atoms with van der Waals surface area (Å²) in [7, 11) is 0. The van der Waals surface area contributed by atoms with Gasteiger partial charge in [-0.05, 0) is 49.4 Å². The van der Waals surface area contributed by atoms with Gasteiger partial charge in [0.25, 0.3) is 0 Å². The van der Waals surface area contributed by atoms with Crippen molar-refractivity contribution in [2.75, 3.05) is 42.9 Å². The number of halogens is 1. The van der Waals surface area contributed by atoms with E-state index >= 15 is 0 Å². The summed E-state index contributed by atoms with van der Waals surface area (Å²) < 4.78 is 0.741. The molecule has 0 radical (unpaired) electrons. The third-order valence-corrected chi connectivity index (χ3v) is 7.64. The van der Waals surface area contributed by atoms with Crippen molar-refractivity contribution in [1.29, 1.82) is 0 Å². The van der Waals surface area contributed by atoms with Crippen LogP contribution in [0.15, 0.2) is 35.7 Å². The molecule has 0 aliphatic carbocycles. The number of benzene rings is 1. The second-order valence-electron chi connectivity index (χ2n) is 7.39. The Balaban J connectivity index is 1.36. The summed E-state index contributed by atoms with van der Waals surface area (Å²) in [4.78, 5) is 23.1. The summed E-state index contributed by atoms with van der Waals surface area (Å²) in [5.41, 5.74) is 3.93. The number of aromatic nitrogens is 1. The summed E-state index contributed by atoms with van der Waals surface area (Å²) in [5, 5.41) is 5.88. The number of carbonyl (C=O) groups is 1. The van der Waals surface area contributed by atoms with Crippen LogP contribution in [0.1, 0.15) is 18.2 Å². The lowest BCUT2D eigenvalue weighted by molar-refractivity contribution is -0.115. The van der Waals surface area contributed by atoms with E-state index in [0.29, 0.717) is 0 Å². The molecular weight excluding hydrogens is 436 g/mol. The molecule has 1 aliphatic heterocycles. The molecule has 30 heavy (non-hydrogen) atoms. The van der Waals surface area contributed by atoms with Crippen LogP contribution in [0.25, 0.3) is 9.88 Å². The van der Waals surface area contributed by atoms with Gasteiger partial charge >= 0.3 is 0 Å². The highest BCUT2D eigenvalue weighted by Crippen LogP contribution is 2.33. The predicted molar refractivity (Wildman–Crippen MR) is 128 cm³/mol. The molecule has 1 amide bonds. The topological polar surface area (TPSA) is 48.5 Å². The van der Waals surface area contributed by atoms with Crippen molar-refractivity contribution in [3.63, 3.8) is 0 Å². The Kier molecular flexibility index (Phi) is 6.73. The fourth-order valence-corrected chi connectivity index (χ4v) is 5.53. The first-order valence-corrected chi connectivity index (χ1v) is 12.2. The molecule has 5 nitrogen and oxygen atoms in total. The van der Waals surface area contributed by atoms with Gasteiger partial charge in [0.1, 0.15) is 5.01 Å². The number of hydrogen-bond acceptors (Lipinski definition) is 6. The van der Waals surface area contributed by atoms with Crippen LogP contribution in [-0.2, 0) is 11.2 Å². The van der Waals surface area contributed by atoms with E-state index in [1.807, 2.05) is 30.5 Å². The third kappa shape index (κ3) is 5.03. The first kappa shape index (κ1) is 21.3. The smallest absolute Gasteiger partial charge is 0.230 e. The van der Waals surface area contributed by atoms with Gasteiger partial charge in [-0.25, -0.2) is 4.98 Å². The minimum Gasteiger partial charge on any atom is -0.369 e. The van der Waals surface area contributed by atoms with Gasteiger partial charge in [0, 0.05) is 42.9 Å². The zero-order chi connectivity index (χ0) is 21.1. The molecule has 0 unspecified atom stereocenters. The van der Waals surface area contributed by atoms with Gasteiger partial charge < -0.3 is 15.1 Å². The largest absolute Gasteiger partial charge is 0.369 e. The molecule has 1 aromatic carbocycles. The van der Waals surface area contributed by atoms with Gasteiger partial charge in [-0.1, -0.05) is 18.5 Å². The third-order valence-electron chi connectivity index (χ3n) is 5.35. The monoisotopic (exact) mass is 460 g/mol. The van der Waals surface area contributed by atoms with Crippen molar-refractivity contribution < 1.29 is 4.79 Å². The van der Waals surface area contributed by atoms with Crippen molar-refractivity contribution in [3.05, 3.63) is 51.3 Å². The maximum Gasteiger partial charge on any atom is 0.230 e. The number of carbonyl (C=O) groups excluding carboxylic acids is 1. The lowest BCUT2D eigenvalue weighted by Gasteiger charge is -2.35. The van der Waals surface area contributed by atoms with E-state index in [0.717, 1.165) is 63.9 Å². The van der Waals surface area contributed by atoms with Crippen LogP contribution in [0.4, 0.5) is 11.4 Å². The normalized spacial score (nSPS) is 14.8. The van der Waals surface area contributed by atoms with Gasteiger partial charge in [-0.3, -0.25) is 4.79 Å². The van der Waals surface area contributed by atoms with Crippen LogP contribution in [0.3, 0.4) is 0 Å². The quantitative estimate of drug-likeness (QED) is 0.552. The summed E-state index contributed by atoms with van der Waals surface area (Å²) in [6.07, 6.45) is 0.260. The van der Waals surface area contributed by atoms with Gasteiger partial charge in [0.2, 0.25) is 5.91 Å². The maximum absolute atomic E-state index is 12.6. The number of rotatable bonds is 6. The maximum atomic E-state index is 12.6. The number of piperazine rings is 1. The lowest BCUT2D eigenvalue weighted by Crippen LogP contribution is -2.46. The Hall–Kier alpha value is -1.93. The molecule has 0 atom stereocenters. The first-order chi connectivity index (χ1) is 14.5. The average Bonchev–Trinajstić information content (AvgIpc) is 3.38. The fourth-order valence-electron chi connectivity index (χ4n) is 3.60. The van der Waals surface area contributed by atoms with Crippen molar-refractivity contribution in [2.24, 2.45) is 0 Å². The van der Waals surface area contributed by atoms with Crippen molar-refractivity contribution in [2.45, 2.75) is 20.3 Å². The van der Waals surface area contributed by atoms with Crippen molar-refractivity contribution in [1.82, 2.24) is 9.88 Å². The van der Waals surface area contributed by atoms with E-state index in [9.17, 15) is 4.79 Å². The van der Waals surface area contributed by atoms with E-state index < -0.39 is 0 Å². The van der Waals surface area contributed by atoms with Gasteiger partial charge in [0.05, 0.1) is 21.3 Å². The summed E-state index contributed by atoms with van der Waals surface area (Å²) >= 11 is 9.04. The Labute approximate surface area is 190 Å². The Morgan fingerprint density at radius 2 is 2.00 bits per heavy atom. The number of aryl methyl sites for hydroxylation is 1. The van der Waals surface area contributed by atoms with Crippen LogP contribution >= 0.6 is 34.3 Å². The molecule has 0 spiro atoms. The van der Waals surface area contributed by atoms with E-state index in [-0.39, 0.29) is 12.3 Å². The molecule has 1 saturated heterocycles. The molecule has 8 heteroatoms. The number of nitrogens with zero attached hydrogens (tertiary/aromatic N) is 3. The standard InChI is InChI=1S/C22H25ClN4OS2/c1-3-26-8-10-27(11-9-26)17-4-5-18(15(2)12-17)25-21(28)13-16-14-29-22(24-16)19-6-7-20(23)30-19/h4-7,12,14H,3,8-11,13H2,1-2H3,(H,25,28). The van der Waals surface area contributed by atoms with Crippen molar-refractivity contribution >= 4 is 51.6 Å². The number of hydrogen-bond donors (Lipinski definition) is 1. The van der Waals surface area contributed by atoms with E-state index in [2.05, 4.69) is 39.2 Å². The molecule has 2 aromatic heterocycles. The number of anilines is 2. The number of thiazole rings is 1. The van der Waals surface area contributed by atoms with Crippen molar-refractivity contribution in [3.8, 4) is 9.88 Å². The first-order valence-electron chi connectivity index (χ1n) is 10.1. The van der Waals surface area contributed by atoms with E-state index in [4.69, 9.17) is 11.6 Å². The molecule has 3 aromatic rings. The number of thiophene rings is 1. The fraction of sp³-hybridized carbons (Fsp3) is 0.364. The molecular formula is C22H25ClN4OS2. The van der Waals surface area contributed by atoms with Crippen LogP contribution in [0, 0.1) is 6.92 Å². The molecule has 0 saturated carbocycles.